The molecule has 1 saturated carbocycles. The smallest absolute Gasteiger partial charge is 0.275 e. The normalized spacial score (nSPS) is 27.0. The molecule has 0 saturated heterocycles. The Labute approximate surface area is 166 Å². The number of amides is 1. The zero-order valence-electron chi connectivity index (χ0n) is 15.6. The topological polar surface area (TPSA) is 110 Å². The lowest BCUT2D eigenvalue weighted by atomic mass is 10.1. The maximum Gasteiger partial charge on any atom is 0.275 e. The van der Waals surface area contributed by atoms with E-state index in [-0.39, 0.29) is 41.0 Å². The van der Waals surface area contributed by atoms with Crippen molar-refractivity contribution < 1.29 is 31.8 Å². The zero-order valence-corrected chi connectivity index (χ0v) is 16.4. The fourth-order valence-corrected chi connectivity index (χ4v) is 4.95. The van der Waals surface area contributed by atoms with Gasteiger partial charge in [-0.15, -0.1) is 0 Å². The summed E-state index contributed by atoms with van der Waals surface area (Å²) >= 11 is 0. The molecule has 29 heavy (non-hydrogen) atoms. The van der Waals surface area contributed by atoms with Crippen molar-refractivity contribution in [2.75, 3.05) is 6.61 Å². The second-order valence-electron chi connectivity index (χ2n) is 7.52. The summed E-state index contributed by atoms with van der Waals surface area (Å²) in [5, 5.41) is 12.8. The predicted molar refractivity (Wildman–Crippen MR) is 98.0 cm³/mol. The van der Waals surface area contributed by atoms with Gasteiger partial charge in [-0.25, -0.2) is 21.9 Å². The third-order valence-corrected chi connectivity index (χ3v) is 6.74. The molecule has 1 aromatic heterocycles. The van der Waals surface area contributed by atoms with E-state index in [2.05, 4.69) is 10.0 Å². The molecule has 1 aromatic rings. The van der Waals surface area contributed by atoms with Crippen LogP contribution in [0.4, 0.5) is 8.78 Å². The van der Waals surface area contributed by atoms with E-state index in [0.29, 0.717) is 0 Å². The molecule has 2 aliphatic carbocycles. The Kier molecular flexibility index (Phi) is 4.99. The summed E-state index contributed by atoms with van der Waals surface area (Å²) in [5.74, 6) is -1.74. The summed E-state index contributed by atoms with van der Waals surface area (Å²) < 4.78 is 61.6. The molecule has 1 amide bonds. The number of aliphatic hydroxyl groups is 1. The first-order valence-electron chi connectivity index (χ1n) is 9.21. The van der Waals surface area contributed by atoms with Crippen molar-refractivity contribution in [3.8, 4) is 5.75 Å². The number of rotatable bonds is 4. The van der Waals surface area contributed by atoms with Gasteiger partial charge in [-0.05, 0) is 30.9 Å². The zero-order chi connectivity index (χ0) is 20.9. The number of ether oxygens (including phenoxy) is 1. The van der Waals surface area contributed by atoms with Crippen molar-refractivity contribution >= 4 is 15.9 Å². The summed E-state index contributed by atoms with van der Waals surface area (Å²) in [5.41, 5.74) is 0.0914. The molecule has 3 aliphatic rings. The molecule has 0 bridgehead atoms. The quantitative estimate of drug-likeness (QED) is 0.663. The van der Waals surface area contributed by atoms with Gasteiger partial charge in [0.2, 0.25) is 10.0 Å². The molecule has 11 heteroatoms. The summed E-state index contributed by atoms with van der Waals surface area (Å²) in [4.78, 5) is 12.5. The van der Waals surface area contributed by atoms with Crippen molar-refractivity contribution in [1.82, 2.24) is 14.6 Å². The molecule has 2 unspecified atom stereocenters. The minimum atomic E-state index is -4.03. The summed E-state index contributed by atoms with van der Waals surface area (Å²) in [6, 6.07) is -0.831. The molecule has 3 N–H and O–H groups in total. The lowest BCUT2D eigenvalue weighted by molar-refractivity contribution is 0.0888. The first-order chi connectivity index (χ1) is 13.7. The van der Waals surface area contributed by atoms with Gasteiger partial charge >= 0.3 is 0 Å². The van der Waals surface area contributed by atoms with Crippen molar-refractivity contribution in [3.63, 3.8) is 0 Å². The Morgan fingerprint density at radius 3 is 2.79 bits per heavy atom. The van der Waals surface area contributed by atoms with Crippen LogP contribution in [0.2, 0.25) is 0 Å². The van der Waals surface area contributed by atoms with Crippen LogP contribution in [0.25, 0.3) is 0 Å². The number of nitrogens with zero attached hydrogens (tertiary/aromatic N) is 1. The maximum atomic E-state index is 13.5. The Morgan fingerprint density at radius 1 is 1.41 bits per heavy atom. The summed E-state index contributed by atoms with van der Waals surface area (Å²) in [6.07, 6.45) is 2.02. The van der Waals surface area contributed by atoms with E-state index in [1.807, 2.05) is 0 Å². The Morgan fingerprint density at radius 2 is 2.14 bits per heavy atom. The van der Waals surface area contributed by atoms with Gasteiger partial charge in [0, 0.05) is 25.4 Å². The van der Waals surface area contributed by atoms with E-state index >= 15 is 0 Å². The van der Waals surface area contributed by atoms with E-state index in [1.165, 1.54) is 23.9 Å². The molecule has 158 valence electrons. The molecular weight excluding hydrogens is 408 g/mol. The number of halogens is 2. The van der Waals surface area contributed by atoms with Crippen molar-refractivity contribution in [2.24, 2.45) is 13.0 Å². The number of aromatic nitrogens is 1. The highest BCUT2D eigenvalue weighted by Gasteiger charge is 2.41. The SMILES string of the molecule is Cn1cc2c(c1C(=O)NC1=CC=C(F)C(F)C1)OC[C@H](C(O)C1CC1)NS2(=O)=O. The van der Waals surface area contributed by atoms with E-state index in [9.17, 15) is 27.1 Å². The third kappa shape index (κ3) is 3.81. The van der Waals surface area contributed by atoms with Crippen molar-refractivity contribution in [2.45, 2.75) is 42.5 Å². The van der Waals surface area contributed by atoms with Gasteiger partial charge < -0.3 is 19.7 Å². The number of fused-ring (bicyclic) bond motifs is 1. The Hall–Kier alpha value is -2.24. The van der Waals surface area contributed by atoms with Crippen LogP contribution in [0, 0.1) is 5.92 Å². The van der Waals surface area contributed by atoms with E-state index < -0.39 is 40.1 Å². The average Bonchev–Trinajstić information content (AvgIpc) is 3.45. The highest BCUT2D eigenvalue weighted by atomic mass is 32.2. The molecule has 2 heterocycles. The molecule has 0 aromatic carbocycles. The molecule has 8 nitrogen and oxygen atoms in total. The number of nitrogens with one attached hydrogen (secondary N) is 2. The van der Waals surface area contributed by atoms with Gasteiger partial charge in [-0.2, -0.15) is 0 Å². The molecule has 0 spiro atoms. The second kappa shape index (κ2) is 7.22. The first-order valence-corrected chi connectivity index (χ1v) is 10.7. The van der Waals surface area contributed by atoms with Crippen LogP contribution >= 0.6 is 0 Å². The van der Waals surface area contributed by atoms with Gasteiger partial charge in [0.25, 0.3) is 5.91 Å². The van der Waals surface area contributed by atoms with Crippen molar-refractivity contribution in [1.29, 1.82) is 0 Å². The second-order valence-corrected chi connectivity index (χ2v) is 9.20. The lowest BCUT2D eigenvalue weighted by Crippen LogP contribution is -2.46. The summed E-state index contributed by atoms with van der Waals surface area (Å²) in [6.45, 7) is -0.141. The minimum Gasteiger partial charge on any atom is -0.488 e. The van der Waals surface area contributed by atoms with Gasteiger partial charge in [-0.3, -0.25) is 4.79 Å². The van der Waals surface area contributed by atoms with Crippen LogP contribution in [0.1, 0.15) is 29.8 Å². The fourth-order valence-electron chi connectivity index (χ4n) is 3.52. The highest BCUT2D eigenvalue weighted by molar-refractivity contribution is 7.89. The highest BCUT2D eigenvalue weighted by Crippen LogP contribution is 2.37. The van der Waals surface area contributed by atoms with Gasteiger partial charge in [0.05, 0.1) is 12.1 Å². The van der Waals surface area contributed by atoms with Crippen LogP contribution in [-0.4, -0.2) is 48.9 Å². The lowest BCUT2D eigenvalue weighted by Gasteiger charge is -2.21. The van der Waals surface area contributed by atoms with Crippen LogP contribution < -0.4 is 14.8 Å². The van der Waals surface area contributed by atoms with Crippen LogP contribution in [0.3, 0.4) is 0 Å². The largest absolute Gasteiger partial charge is 0.488 e. The van der Waals surface area contributed by atoms with E-state index in [0.717, 1.165) is 18.9 Å². The van der Waals surface area contributed by atoms with E-state index in [1.54, 1.807) is 0 Å². The van der Waals surface area contributed by atoms with Crippen molar-refractivity contribution in [3.05, 3.63) is 35.6 Å². The first kappa shape index (κ1) is 20.0. The molecule has 0 radical (unpaired) electrons. The molecule has 1 fully saturated rings. The number of alkyl halides is 1. The maximum absolute atomic E-state index is 13.5. The Bertz CT molecular complexity index is 1010. The van der Waals surface area contributed by atoms with E-state index in [4.69, 9.17) is 4.74 Å². The predicted octanol–water partition coefficient (Wildman–Crippen LogP) is 1.04. The number of sulfonamides is 1. The molecular formula is C18H21F2N3O5S. The number of hydrogen-bond acceptors (Lipinski definition) is 5. The standard InChI is InChI=1S/C18H21F2N3O5S/c1-23-7-14-17(15(23)18(25)21-10-4-5-11(19)12(20)6-10)28-8-13(22-29(14,26)27)16(24)9-2-3-9/h4-5,7,9,12-13,16,22,24H,2-3,6,8H2,1H3,(H,21,25)/t12?,13-,16?/m1/s1. The number of carbonyl (C=O) groups is 1. The van der Waals surface area contributed by atoms with Gasteiger partial charge in [0.1, 0.15) is 17.3 Å². The molecule has 3 atom stereocenters. The number of carbonyl (C=O) groups excluding carboxylic acids is 1. The molecule has 4 rings (SSSR count). The fraction of sp³-hybridized carbons (Fsp3) is 0.500. The number of allylic oxidation sites excluding steroid dienone is 4. The molecule has 1 aliphatic heterocycles. The van der Waals surface area contributed by atoms with Crippen LogP contribution in [-0.2, 0) is 17.1 Å². The summed E-state index contributed by atoms with van der Waals surface area (Å²) in [7, 11) is -2.55. The number of hydrogen-bond donors (Lipinski definition) is 3. The average molecular weight is 429 g/mol. The number of aryl methyl sites for hydroxylation is 1. The van der Waals surface area contributed by atoms with Crippen LogP contribution in [0.15, 0.2) is 34.8 Å². The number of aliphatic hydroxyl groups excluding tert-OH is 1. The van der Waals surface area contributed by atoms with Gasteiger partial charge in [-0.1, -0.05) is 0 Å². The van der Waals surface area contributed by atoms with Gasteiger partial charge in [0.15, 0.2) is 17.6 Å². The third-order valence-electron chi connectivity index (χ3n) is 5.25. The Balaban J connectivity index is 1.61. The monoisotopic (exact) mass is 429 g/mol. The van der Waals surface area contributed by atoms with Crippen LogP contribution in [0.5, 0.6) is 5.75 Å². The minimum absolute atomic E-state index is 0.0259.